The van der Waals surface area contributed by atoms with E-state index in [-0.39, 0.29) is 11.7 Å². The summed E-state index contributed by atoms with van der Waals surface area (Å²) in [4.78, 5) is 16.0. The molecule has 0 unspecified atom stereocenters. The van der Waals surface area contributed by atoms with Gasteiger partial charge in [-0.25, -0.2) is 4.39 Å². The monoisotopic (exact) mass is 362 g/mol. The molecule has 0 aliphatic heterocycles. The van der Waals surface area contributed by atoms with Gasteiger partial charge in [-0.05, 0) is 60.9 Å². The topological polar surface area (TPSA) is 59.8 Å². The van der Waals surface area contributed by atoms with E-state index in [1.165, 1.54) is 18.2 Å². The molecule has 3 aromatic rings. The predicted octanol–water partition coefficient (Wildman–Crippen LogP) is 3.89. The van der Waals surface area contributed by atoms with Crippen LogP contribution in [0.5, 0.6) is 0 Å². The lowest BCUT2D eigenvalue weighted by Crippen LogP contribution is -2.20. The number of carbonyl (C=O) groups excluding carboxylic acids is 1. The molecule has 27 heavy (non-hydrogen) atoms. The van der Waals surface area contributed by atoms with E-state index in [2.05, 4.69) is 16.9 Å². The third-order valence-corrected chi connectivity index (χ3v) is 4.57. The molecule has 5 nitrogen and oxygen atoms in total. The molecule has 1 aliphatic carbocycles. The first kappa shape index (κ1) is 17.1. The third kappa shape index (κ3) is 3.79. The van der Waals surface area contributed by atoms with Crippen molar-refractivity contribution in [1.29, 1.82) is 0 Å². The second kappa shape index (κ2) is 7.15. The van der Waals surface area contributed by atoms with Gasteiger partial charge in [-0.3, -0.25) is 14.5 Å². The van der Waals surface area contributed by atoms with E-state index in [0.29, 0.717) is 12.6 Å². The van der Waals surface area contributed by atoms with Gasteiger partial charge in [0, 0.05) is 30.1 Å². The Kier molecular flexibility index (Phi) is 4.54. The van der Waals surface area contributed by atoms with Gasteiger partial charge < -0.3 is 5.32 Å². The van der Waals surface area contributed by atoms with Gasteiger partial charge in [0.05, 0.1) is 17.4 Å². The maximum Gasteiger partial charge on any atom is 0.243 e. The van der Waals surface area contributed by atoms with Crippen molar-refractivity contribution in [2.45, 2.75) is 25.4 Å². The Balaban J connectivity index is 1.72. The summed E-state index contributed by atoms with van der Waals surface area (Å²) in [6.07, 6.45) is 7.26. The van der Waals surface area contributed by atoms with Crippen LogP contribution < -0.4 is 5.32 Å². The minimum Gasteiger partial charge on any atom is -0.348 e. The molecule has 1 aliphatic rings. The van der Waals surface area contributed by atoms with Crippen LogP contribution >= 0.6 is 0 Å². The van der Waals surface area contributed by atoms with E-state index >= 15 is 0 Å². The number of hydrogen-bond donors (Lipinski definition) is 1. The van der Waals surface area contributed by atoms with Crippen molar-refractivity contribution < 1.29 is 9.18 Å². The molecule has 1 saturated carbocycles. The highest BCUT2D eigenvalue weighted by Crippen LogP contribution is 2.35. The summed E-state index contributed by atoms with van der Waals surface area (Å²) in [5.74, 6) is -0.530. The standard InChI is InChI=1S/C21H19FN4O/c1-2-21(27)24-13-15-12-23-20(14-3-5-16(22)6-4-14)11-18(15)19-9-10-26(25-19)17-7-8-17/h2-6,9-12,17H,1,7-8,13H2,(H,24,27). The molecule has 2 aromatic heterocycles. The molecule has 1 fully saturated rings. The Labute approximate surface area is 156 Å². The van der Waals surface area contributed by atoms with Gasteiger partial charge in [-0.15, -0.1) is 0 Å². The molecule has 0 radical (unpaired) electrons. The van der Waals surface area contributed by atoms with Crippen LogP contribution in [0, 0.1) is 5.82 Å². The number of amides is 1. The number of benzene rings is 1. The lowest BCUT2D eigenvalue weighted by Gasteiger charge is -2.11. The lowest BCUT2D eigenvalue weighted by molar-refractivity contribution is -0.116. The summed E-state index contributed by atoms with van der Waals surface area (Å²) >= 11 is 0. The summed E-state index contributed by atoms with van der Waals surface area (Å²) < 4.78 is 15.2. The van der Waals surface area contributed by atoms with E-state index in [4.69, 9.17) is 5.10 Å². The number of pyridine rings is 1. The molecule has 136 valence electrons. The summed E-state index contributed by atoms with van der Waals surface area (Å²) in [6.45, 7) is 3.80. The van der Waals surface area contributed by atoms with Crippen LogP contribution in [0.15, 0.2) is 61.4 Å². The Morgan fingerprint density at radius 3 is 2.74 bits per heavy atom. The van der Waals surface area contributed by atoms with Crippen LogP contribution in [0.25, 0.3) is 22.5 Å². The fourth-order valence-electron chi connectivity index (χ4n) is 2.92. The van der Waals surface area contributed by atoms with Gasteiger partial charge in [-0.2, -0.15) is 5.10 Å². The number of nitrogens with one attached hydrogen (secondary N) is 1. The van der Waals surface area contributed by atoms with Gasteiger partial charge in [0.25, 0.3) is 0 Å². The van der Waals surface area contributed by atoms with Gasteiger partial charge in [0.15, 0.2) is 0 Å². The van der Waals surface area contributed by atoms with E-state index in [9.17, 15) is 9.18 Å². The fourth-order valence-corrected chi connectivity index (χ4v) is 2.92. The van der Waals surface area contributed by atoms with Crippen molar-refractivity contribution in [3.05, 3.63) is 72.8 Å². The van der Waals surface area contributed by atoms with Crippen molar-refractivity contribution in [3.63, 3.8) is 0 Å². The van der Waals surface area contributed by atoms with Crippen molar-refractivity contribution >= 4 is 5.91 Å². The van der Waals surface area contributed by atoms with Crippen LogP contribution in [-0.4, -0.2) is 20.7 Å². The molecular weight excluding hydrogens is 343 g/mol. The molecule has 0 spiro atoms. The predicted molar refractivity (Wildman–Crippen MR) is 101 cm³/mol. The van der Waals surface area contributed by atoms with Crippen LogP contribution in [0.3, 0.4) is 0 Å². The molecule has 0 saturated heterocycles. The number of nitrogens with zero attached hydrogens (tertiary/aromatic N) is 3. The maximum atomic E-state index is 13.2. The van der Waals surface area contributed by atoms with Crippen molar-refractivity contribution in [3.8, 4) is 22.5 Å². The number of carbonyl (C=O) groups is 1. The van der Waals surface area contributed by atoms with Gasteiger partial charge in [-0.1, -0.05) is 6.58 Å². The molecule has 1 N–H and O–H groups in total. The molecule has 6 heteroatoms. The number of rotatable bonds is 6. The summed E-state index contributed by atoms with van der Waals surface area (Å²) in [5.41, 5.74) is 4.13. The zero-order valence-electron chi connectivity index (χ0n) is 14.7. The Morgan fingerprint density at radius 1 is 1.26 bits per heavy atom. The average molecular weight is 362 g/mol. The normalized spacial score (nSPS) is 13.4. The molecular formula is C21H19FN4O. The van der Waals surface area contributed by atoms with E-state index < -0.39 is 0 Å². The first-order valence-corrected chi connectivity index (χ1v) is 8.84. The van der Waals surface area contributed by atoms with Crippen LogP contribution in [0.2, 0.25) is 0 Å². The molecule has 0 atom stereocenters. The second-order valence-corrected chi connectivity index (χ2v) is 6.57. The average Bonchev–Trinajstić information content (AvgIpc) is 3.43. The van der Waals surface area contributed by atoms with E-state index in [0.717, 1.165) is 40.9 Å². The van der Waals surface area contributed by atoms with Crippen LogP contribution in [0.4, 0.5) is 4.39 Å². The summed E-state index contributed by atoms with van der Waals surface area (Å²) in [5, 5.41) is 7.48. The van der Waals surface area contributed by atoms with Gasteiger partial charge in [0.2, 0.25) is 5.91 Å². The molecule has 1 amide bonds. The first-order valence-electron chi connectivity index (χ1n) is 8.84. The molecule has 1 aromatic carbocycles. The molecule has 0 bridgehead atoms. The number of halogens is 1. The smallest absolute Gasteiger partial charge is 0.243 e. The van der Waals surface area contributed by atoms with E-state index in [1.54, 1.807) is 18.3 Å². The van der Waals surface area contributed by atoms with Crippen molar-refractivity contribution in [2.24, 2.45) is 0 Å². The second-order valence-electron chi connectivity index (χ2n) is 6.57. The Hall–Kier alpha value is -3.28. The Bertz CT molecular complexity index is 990. The zero-order valence-corrected chi connectivity index (χ0v) is 14.7. The third-order valence-electron chi connectivity index (χ3n) is 4.57. The van der Waals surface area contributed by atoms with Crippen molar-refractivity contribution in [1.82, 2.24) is 20.1 Å². The highest BCUT2D eigenvalue weighted by Gasteiger charge is 2.24. The van der Waals surface area contributed by atoms with Crippen LogP contribution in [-0.2, 0) is 11.3 Å². The zero-order chi connectivity index (χ0) is 18.8. The summed E-state index contributed by atoms with van der Waals surface area (Å²) in [7, 11) is 0. The largest absolute Gasteiger partial charge is 0.348 e. The highest BCUT2D eigenvalue weighted by atomic mass is 19.1. The van der Waals surface area contributed by atoms with Gasteiger partial charge in [0.1, 0.15) is 5.82 Å². The van der Waals surface area contributed by atoms with E-state index in [1.807, 2.05) is 23.0 Å². The lowest BCUT2D eigenvalue weighted by atomic mass is 10.0. The van der Waals surface area contributed by atoms with Crippen molar-refractivity contribution in [2.75, 3.05) is 0 Å². The quantitative estimate of drug-likeness (QED) is 0.677. The Morgan fingerprint density at radius 2 is 2.04 bits per heavy atom. The maximum absolute atomic E-state index is 13.2. The minimum absolute atomic E-state index is 0.243. The fraction of sp³-hybridized carbons (Fsp3) is 0.190. The molecule has 2 heterocycles. The summed E-state index contributed by atoms with van der Waals surface area (Å²) in [6, 6.07) is 10.6. The highest BCUT2D eigenvalue weighted by molar-refractivity contribution is 5.87. The number of aromatic nitrogens is 3. The molecule has 4 rings (SSSR count). The van der Waals surface area contributed by atoms with Gasteiger partial charge >= 0.3 is 0 Å². The van der Waals surface area contributed by atoms with Crippen LogP contribution in [0.1, 0.15) is 24.4 Å². The number of hydrogen-bond acceptors (Lipinski definition) is 3. The SMILES string of the molecule is C=CC(=O)NCc1cnc(-c2ccc(F)cc2)cc1-c1ccn(C2CC2)n1. The minimum atomic E-state index is -0.286. The first-order chi connectivity index (χ1) is 13.1.